The lowest BCUT2D eigenvalue weighted by molar-refractivity contribution is 0.355. The number of nitrogens with two attached hydrogens (primary N) is 1. The van der Waals surface area contributed by atoms with E-state index in [1.54, 1.807) is 26.5 Å². The third-order valence-electron chi connectivity index (χ3n) is 3.79. The number of rotatable bonds is 5. The van der Waals surface area contributed by atoms with Crippen LogP contribution < -0.4 is 20.5 Å². The quantitative estimate of drug-likeness (QED) is 0.341. The van der Waals surface area contributed by atoms with Crippen molar-refractivity contribution in [3.8, 4) is 11.5 Å². The number of nitrogens with one attached hydrogen (secondary N) is 1. The van der Waals surface area contributed by atoms with Gasteiger partial charge in [0.1, 0.15) is 0 Å². The molecule has 3 N–H and O–H groups in total. The number of hydrogen-bond acceptors (Lipinski definition) is 4. The second kappa shape index (κ2) is 9.23. The highest BCUT2D eigenvalue weighted by molar-refractivity contribution is 14.0. The van der Waals surface area contributed by atoms with Crippen molar-refractivity contribution < 1.29 is 9.47 Å². The molecule has 0 saturated carbocycles. The zero-order valence-electron chi connectivity index (χ0n) is 14.6. The average molecular weight is 464 g/mol. The van der Waals surface area contributed by atoms with Crippen molar-refractivity contribution in [1.29, 1.82) is 0 Å². The lowest BCUT2D eigenvalue weighted by Gasteiger charge is -2.11. The highest BCUT2D eigenvalue weighted by Gasteiger charge is 2.05. The van der Waals surface area contributed by atoms with E-state index >= 15 is 0 Å². The monoisotopic (exact) mass is 464 g/mol. The molecule has 136 valence electrons. The van der Waals surface area contributed by atoms with Gasteiger partial charge in [-0.05, 0) is 23.8 Å². The first-order valence-electron chi connectivity index (χ1n) is 7.83. The maximum Gasteiger partial charge on any atom is 0.193 e. The second-order valence-electron chi connectivity index (χ2n) is 5.39. The molecule has 0 fully saturated rings. The maximum absolute atomic E-state index is 6.01. The van der Waals surface area contributed by atoms with Gasteiger partial charge >= 0.3 is 0 Å². The van der Waals surface area contributed by atoms with Crippen LogP contribution in [0.2, 0.25) is 0 Å². The third kappa shape index (κ3) is 4.54. The van der Waals surface area contributed by atoms with Gasteiger partial charge in [-0.2, -0.15) is 0 Å². The zero-order chi connectivity index (χ0) is 17.6. The second-order valence-corrected chi connectivity index (χ2v) is 5.39. The van der Waals surface area contributed by atoms with E-state index in [1.165, 1.54) is 0 Å². The Hall–Kier alpha value is -2.55. The number of aliphatic imine (C=N–C) groups is 1. The predicted octanol–water partition coefficient (Wildman–Crippen LogP) is 3.80. The minimum atomic E-state index is 0. The standard InChI is InChI=1S/C19H20N4O2.HI/c1-24-16-9-8-15(11-17(16)25-2)23-19(20)22-12-14-6-3-5-13-7-4-10-21-18(13)14;/h3-11H,12H2,1-2H3,(H3,20,22,23);1H. The molecule has 2 aromatic carbocycles. The molecular weight excluding hydrogens is 443 g/mol. The molecule has 0 unspecified atom stereocenters. The van der Waals surface area contributed by atoms with Gasteiger partial charge in [-0.3, -0.25) is 4.98 Å². The molecule has 0 atom stereocenters. The number of anilines is 1. The number of guanidine groups is 1. The van der Waals surface area contributed by atoms with Gasteiger partial charge in [-0.1, -0.05) is 24.3 Å². The topological polar surface area (TPSA) is 81.8 Å². The predicted molar refractivity (Wildman–Crippen MR) is 116 cm³/mol. The zero-order valence-corrected chi connectivity index (χ0v) is 16.9. The molecule has 6 nitrogen and oxygen atoms in total. The average Bonchev–Trinajstić information content (AvgIpc) is 2.66. The highest BCUT2D eigenvalue weighted by atomic mass is 127. The number of fused-ring (bicyclic) bond motifs is 1. The van der Waals surface area contributed by atoms with Crippen LogP contribution in [0.4, 0.5) is 5.69 Å². The van der Waals surface area contributed by atoms with Crippen LogP contribution in [-0.2, 0) is 6.54 Å². The van der Waals surface area contributed by atoms with Gasteiger partial charge in [0.25, 0.3) is 0 Å². The van der Waals surface area contributed by atoms with E-state index in [-0.39, 0.29) is 24.0 Å². The van der Waals surface area contributed by atoms with Gasteiger partial charge < -0.3 is 20.5 Å². The first-order chi connectivity index (χ1) is 12.2. The summed E-state index contributed by atoms with van der Waals surface area (Å²) in [5, 5.41) is 4.14. The van der Waals surface area contributed by atoms with Crippen molar-refractivity contribution in [2.45, 2.75) is 6.54 Å². The summed E-state index contributed by atoms with van der Waals surface area (Å²) in [5.41, 5.74) is 8.74. The molecule has 7 heteroatoms. The first-order valence-corrected chi connectivity index (χ1v) is 7.83. The normalized spacial score (nSPS) is 10.9. The van der Waals surface area contributed by atoms with Gasteiger partial charge in [0.05, 0.1) is 26.3 Å². The van der Waals surface area contributed by atoms with E-state index in [1.807, 2.05) is 42.5 Å². The molecule has 0 aliphatic carbocycles. The van der Waals surface area contributed by atoms with Crippen LogP contribution in [0.5, 0.6) is 11.5 Å². The SMILES string of the molecule is COc1ccc(NC(N)=NCc2cccc3cccnc23)cc1OC.I. The van der Waals surface area contributed by atoms with Gasteiger partial charge in [0.2, 0.25) is 0 Å². The molecule has 26 heavy (non-hydrogen) atoms. The summed E-state index contributed by atoms with van der Waals surface area (Å²) in [4.78, 5) is 8.83. The fourth-order valence-electron chi connectivity index (χ4n) is 2.57. The Labute approximate surface area is 169 Å². The van der Waals surface area contributed by atoms with E-state index in [0.717, 1.165) is 22.2 Å². The Balaban J connectivity index is 0.00000243. The number of pyridine rings is 1. The largest absolute Gasteiger partial charge is 0.493 e. The molecule has 0 bridgehead atoms. The fraction of sp³-hybridized carbons (Fsp3) is 0.158. The molecule has 3 aromatic rings. The van der Waals surface area contributed by atoms with E-state index in [9.17, 15) is 0 Å². The molecule has 0 amide bonds. The summed E-state index contributed by atoms with van der Waals surface area (Å²) < 4.78 is 10.5. The van der Waals surface area contributed by atoms with Crippen LogP contribution in [0.1, 0.15) is 5.56 Å². The van der Waals surface area contributed by atoms with Crippen LogP contribution in [0.25, 0.3) is 10.9 Å². The van der Waals surface area contributed by atoms with E-state index in [0.29, 0.717) is 24.0 Å². The minimum absolute atomic E-state index is 0. The summed E-state index contributed by atoms with van der Waals surface area (Å²) in [6.07, 6.45) is 1.78. The molecule has 0 aliphatic rings. The highest BCUT2D eigenvalue weighted by Crippen LogP contribution is 2.29. The summed E-state index contributed by atoms with van der Waals surface area (Å²) >= 11 is 0. The molecule has 0 radical (unpaired) electrons. The van der Waals surface area contributed by atoms with Crippen molar-refractivity contribution in [2.75, 3.05) is 19.5 Å². The summed E-state index contributed by atoms with van der Waals surface area (Å²) in [6, 6.07) is 15.4. The van der Waals surface area contributed by atoms with Gasteiger partial charge in [-0.25, -0.2) is 4.99 Å². The Kier molecular flexibility index (Phi) is 7.02. The number of para-hydroxylation sites is 1. The van der Waals surface area contributed by atoms with Crippen molar-refractivity contribution >= 4 is 46.5 Å². The van der Waals surface area contributed by atoms with Gasteiger partial charge in [0.15, 0.2) is 17.5 Å². The number of nitrogens with zero attached hydrogens (tertiary/aromatic N) is 2. The Morgan fingerprint density at radius 1 is 1.08 bits per heavy atom. The van der Waals surface area contributed by atoms with Crippen molar-refractivity contribution in [1.82, 2.24) is 4.98 Å². The van der Waals surface area contributed by atoms with E-state index in [4.69, 9.17) is 15.2 Å². The van der Waals surface area contributed by atoms with Crippen LogP contribution in [0, 0.1) is 0 Å². The minimum Gasteiger partial charge on any atom is -0.493 e. The lowest BCUT2D eigenvalue weighted by atomic mass is 10.1. The van der Waals surface area contributed by atoms with Gasteiger partial charge in [0, 0.05) is 23.3 Å². The maximum atomic E-state index is 6.01. The van der Waals surface area contributed by atoms with Crippen LogP contribution in [0.15, 0.2) is 59.7 Å². The first kappa shape index (κ1) is 19.8. The Morgan fingerprint density at radius 2 is 1.85 bits per heavy atom. The molecule has 0 spiro atoms. The Bertz CT molecular complexity index is 910. The van der Waals surface area contributed by atoms with Crippen molar-refractivity contribution in [3.05, 3.63) is 60.3 Å². The van der Waals surface area contributed by atoms with Gasteiger partial charge in [-0.15, -0.1) is 24.0 Å². The number of ether oxygens (including phenoxy) is 2. The fourth-order valence-corrected chi connectivity index (χ4v) is 2.57. The van der Waals surface area contributed by atoms with E-state index < -0.39 is 0 Å². The van der Waals surface area contributed by atoms with Crippen molar-refractivity contribution in [2.24, 2.45) is 10.7 Å². The summed E-state index contributed by atoms with van der Waals surface area (Å²) in [6.45, 7) is 0.445. The number of methoxy groups -OCH3 is 2. The molecule has 3 rings (SSSR count). The van der Waals surface area contributed by atoms with Crippen LogP contribution in [0.3, 0.4) is 0 Å². The number of aromatic nitrogens is 1. The molecular formula is C19H21IN4O2. The third-order valence-corrected chi connectivity index (χ3v) is 3.79. The van der Waals surface area contributed by atoms with Crippen molar-refractivity contribution in [3.63, 3.8) is 0 Å². The lowest BCUT2D eigenvalue weighted by Crippen LogP contribution is -2.22. The summed E-state index contributed by atoms with van der Waals surface area (Å²) in [5.74, 6) is 1.60. The molecule has 1 aromatic heterocycles. The molecule has 0 aliphatic heterocycles. The number of benzene rings is 2. The molecule has 0 saturated heterocycles. The number of halogens is 1. The summed E-state index contributed by atoms with van der Waals surface area (Å²) in [7, 11) is 3.19. The van der Waals surface area contributed by atoms with Crippen LogP contribution in [-0.4, -0.2) is 25.2 Å². The van der Waals surface area contributed by atoms with E-state index in [2.05, 4.69) is 15.3 Å². The smallest absolute Gasteiger partial charge is 0.193 e. The molecule has 1 heterocycles. The Morgan fingerprint density at radius 3 is 2.62 bits per heavy atom. The van der Waals surface area contributed by atoms with Crippen LogP contribution >= 0.6 is 24.0 Å². The number of hydrogen-bond donors (Lipinski definition) is 2.